The Morgan fingerprint density at radius 2 is 1.86 bits per heavy atom. The summed E-state index contributed by atoms with van der Waals surface area (Å²) in [5, 5.41) is 18.1. The van der Waals surface area contributed by atoms with Crippen molar-refractivity contribution in [1.29, 1.82) is 0 Å². The van der Waals surface area contributed by atoms with Gasteiger partial charge in [0.1, 0.15) is 11.5 Å². The molecule has 0 unspecified atom stereocenters. The van der Waals surface area contributed by atoms with Crippen LogP contribution in [0.5, 0.6) is 0 Å². The van der Waals surface area contributed by atoms with Gasteiger partial charge in [0.05, 0.1) is 5.69 Å². The topological polar surface area (TPSA) is 106 Å². The van der Waals surface area contributed by atoms with Crippen LogP contribution in [0.1, 0.15) is 105 Å². The van der Waals surface area contributed by atoms with Crippen molar-refractivity contribution in [2.75, 3.05) is 0 Å². The minimum atomic E-state index is -0.886. The quantitative estimate of drug-likeness (QED) is 0.283. The summed E-state index contributed by atoms with van der Waals surface area (Å²) in [6.07, 6.45) is 4.62. The molecule has 2 aromatic heterocycles. The molecule has 7 nitrogen and oxygen atoms in total. The molecule has 2 heterocycles. The molecule has 1 aliphatic carbocycles. The van der Waals surface area contributed by atoms with Gasteiger partial charge in [0.15, 0.2) is 11.5 Å². The number of Topliss-reactive ketones (excluding diaryl/α,β-unsaturated/α-hetero) is 1. The molecule has 3 aromatic rings. The molecule has 0 spiro atoms. The molecule has 0 bridgehead atoms. The van der Waals surface area contributed by atoms with E-state index in [9.17, 15) is 14.7 Å². The Balaban J connectivity index is 1.58. The number of nitrogens with zero attached hydrogens (tertiary/aromatic N) is 2. The molecular formula is C30H38N2O5. The monoisotopic (exact) mass is 506 g/mol. The van der Waals surface area contributed by atoms with E-state index in [0.29, 0.717) is 30.0 Å². The van der Waals surface area contributed by atoms with Crippen LogP contribution in [0.4, 0.5) is 0 Å². The van der Waals surface area contributed by atoms with Crippen LogP contribution in [0.15, 0.2) is 33.3 Å². The summed E-state index contributed by atoms with van der Waals surface area (Å²) in [5.41, 5.74) is 5.71. The first-order valence-electron chi connectivity index (χ1n) is 13.2. The fourth-order valence-corrected chi connectivity index (χ4v) is 4.83. The largest absolute Gasteiger partial charge is 0.481 e. The normalized spacial score (nSPS) is 14.6. The van der Waals surface area contributed by atoms with Crippen LogP contribution in [-0.2, 0) is 22.4 Å². The van der Waals surface area contributed by atoms with Gasteiger partial charge < -0.3 is 14.2 Å². The van der Waals surface area contributed by atoms with Crippen molar-refractivity contribution in [3.63, 3.8) is 0 Å². The lowest BCUT2D eigenvalue weighted by Crippen LogP contribution is -2.13. The Labute approximate surface area is 218 Å². The lowest BCUT2D eigenvalue weighted by molar-refractivity contribution is -0.137. The maximum atomic E-state index is 13.2. The minimum absolute atomic E-state index is 0.0330. The zero-order chi connectivity index (χ0) is 26.7. The number of aliphatic carboxylic acids is 1. The van der Waals surface area contributed by atoms with Gasteiger partial charge in [-0.1, -0.05) is 54.8 Å². The SMILES string of the molecule is Cc1ccc(CC(=O)C[C@H](CCC(=O)O)c2noc(-c3cc(CCC(C)(C)C)on3)c2C2CC2)c(C)c1. The summed E-state index contributed by atoms with van der Waals surface area (Å²) in [5.74, 6) is 0.534. The van der Waals surface area contributed by atoms with E-state index < -0.39 is 5.97 Å². The second-order valence-electron chi connectivity index (χ2n) is 11.8. The smallest absolute Gasteiger partial charge is 0.303 e. The molecule has 0 saturated heterocycles. The van der Waals surface area contributed by atoms with Crippen molar-refractivity contribution in [2.45, 2.75) is 97.8 Å². The molecule has 1 N–H and O–H groups in total. The van der Waals surface area contributed by atoms with E-state index in [1.54, 1.807) is 0 Å². The lowest BCUT2D eigenvalue weighted by Gasteiger charge is -2.16. The Morgan fingerprint density at radius 1 is 1.11 bits per heavy atom. The summed E-state index contributed by atoms with van der Waals surface area (Å²) < 4.78 is 11.4. The zero-order valence-corrected chi connectivity index (χ0v) is 22.6. The highest BCUT2D eigenvalue weighted by Gasteiger charge is 2.37. The van der Waals surface area contributed by atoms with Crippen LogP contribution in [0.3, 0.4) is 0 Å². The molecule has 7 heteroatoms. The van der Waals surface area contributed by atoms with Crippen LogP contribution in [-0.4, -0.2) is 27.2 Å². The highest BCUT2D eigenvalue weighted by Crippen LogP contribution is 2.48. The van der Waals surface area contributed by atoms with Gasteiger partial charge in [-0.25, -0.2) is 0 Å². The average molecular weight is 507 g/mol. The third-order valence-corrected chi connectivity index (χ3v) is 7.11. The first kappa shape index (κ1) is 26.8. The first-order valence-corrected chi connectivity index (χ1v) is 13.2. The van der Waals surface area contributed by atoms with Crippen LogP contribution in [0.2, 0.25) is 0 Å². The third-order valence-electron chi connectivity index (χ3n) is 7.11. The van der Waals surface area contributed by atoms with E-state index >= 15 is 0 Å². The molecule has 0 aliphatic heterocycles. The summed E-state index contributed by atoms with van der Waals surface area (Å²) >= 11 is 0. The molecule has 1 aliphatic rings. The summed E-state index contributed by atoms with van der Waals surface area (Å²) in [6, 6.07) is 8.01. The van der Waals surface area contributed by atoms with Gasteiger partial charge in [-0.15, -0.1) is 0 Å². The molecule has 0 amide bonds. The average Bonchev–Trinajstić information content (AvgIpc) is 3.37. The highest BCUT2D eigenvalue weighted by molar-refractivity contribution is 5.82. The molecular weight excluding hydrogens is 468 g/mol. The van der Waals surface area contributed by atoms with Gasteiger partial charge in [-0.2, -0.15) is 0 Å². The second kappa shape index (κ2) is 11.0. The van der Waals surface area contributed by atoms with Crippen molar-refractivity contribution >= 4 is 11.8 Å². The number of ketones is 1. The maximum Gasteiger partial charge on any atom is 0.303 e. The van der Waals surface area contributed by atoms with E-state index in [-0.39, 0.29) is 35.9 Å². The van der Waals surface area contributed by atoms with Gasteiger partial charge in [0.25, 0.3) is 0 Å². The van der Waals surface area contributed by atoms with E-state index in [4.69, 9.17) is 9.05 Å². The predicted molar refractivity (Wildman–Crippen MR) is 141 cm³/mol. The Morgan fingerprint density at radius 3 is 2.51 bits per heavy atom. The number of benzene rings is 1. The number of hydrogen-bond acceptors (Lipinski definition) is 6. The number of carboxylic acids is 1. The van der Waals surface area contributed by atoms with Crippen LogP contribution in [0, 0.1) is 19.3 Å². The molecule has 1 fully saturated rings. The van der Waals surface area contributed by atoms with E-state index in [2.05, 4.69) is 37.2 Å². The van der Waals surface area contributed by atoms with Crippen LogP contribution >= 0.6 is 0 Å². The maximum absolute atomic E-state index is 13.2. The van der Waals surface area contributed by atoms with Gasteiger partial charge in [-0.05, 0) is 62.0 Å². The number of carboxylic acid groups (broad SMARTS) is 1. The predicted octanol–water partition coefficient (Wildman–Crippen LogP) is 6.95. The molecule has 0 radical (unpaired) electrons. The Kier molecular flexibility index (Phi) is 8.00. The van der Waals surface area contributed by atoms with Crippen molar-refractivity contribution in [1.82, 2.24) is 10.3 Å². The molecule has 1 atom stereocenters. The minimum Gasteiger partial charge on any atom is -0.481 e. The van der Waals surface area contributed by atoms with E-state index in [0.717, 1.165) is 53.7 Å². The first-order chi connectivity index (χ1) is 17.5. The lowest BCUT2D eigenvalue weighted by atomic mass is 9.87. The molecule has 37 heavy (non-hydrogen) atoms. The standard InChI is InChI=1S/C30H38N2O5/c1-18-6-7-21(19(2)14-18)15-23(33)16-22(10-11-26(34)35)28-27(20-8-9-20)29(37-32-28)25-17-24(36-31-25)12-13-30(3,4)5/h6-7,14,17,20,22H,8-13,15-16H2,1-5H3,(H,34,35)/t22-/m0/s1. The molecule has 1 aromatic carbocycles. The number of hydrogen-bond donors (Lipinski definition) is 1. The summed E-state index contributed by atoms with van der Waals surface area (Å²) in [6.45, 7) is 10.6. The highest BCUT2D eigenvalue weighted by atomic mass is 16.5. The fourth-order valence-electron chi connectivity index (χ4n) is 4.83. The van der Waals surface area contributed by atoms with Gasteiger partial charge in [-0.3, -0.25) is 9.59 Å². The number of carbonyl (C=O) groups excluding carboxylic acids is 1. The van der Waals surface area contributed by atoms with Crippen LogP contribution in [0.25, 0.3) is 11.5 Å². The van der Waals surface area contributed by atoms with Gasteiger partial charge >= 0.3 is 5.97 Å². The number of aromatic nitrogens is 2. The van der Waals surface area contributed by atoms with Crippen molar-refractivity contribution in [2.24, 2.45) is 5.41 Å². The van der Waals surface area contributed by atoms with E-state index in [1.165, 1.54) is 0 Å². The van der Waals surface area contributed by atoms with E-state index in [1.807, 2.05) is 32.0 Å². The fraction of sp³-hybridized carbons (Fsp3) is 0.533. The number of rotatable bonds is 12. The van der Waals surface area contributed by atoms with Crippen molar-refractivity contribution in [3.8, 4) is 11.5 Å². The third kappa shape index (κ3) is 7.18. The Bertz CT molecular complexity index is 1260. The molecule has 198 valence electrons. The zero-order valence-electron chi connectivity index (χ0n) is 22.6. The van der Waals surface area contributed by atoms with Crippen molar-refractivity contribution < 1.29 is 23.7 Å². The van der Waals surface area contributed by atoms with Crippen molar-refractivity contribution in [3.05, 3.63) is 58.0 Å². The molecule has 4 rings (SSSR count). The van der Waals surface area contributed by atoms with Crippen LogP contribution < -0.4 is 0 Å². The van der Waals surface area contributed by atoms with Gasteiger partial charge in [0, 0.05) is 43.2 Å². The molecule has 1 saturated carbocycles. The summed E-state index contributed by atoms with van der Waals surface area (Å²) in [4.78, 5) is 24.6. The summed E-state index contributed by atoms with van der Waals surface area (Å²) in [7, 11) is 0. The number of carbonyl (C=O) groups is 2. The Hall–Kier alpha value is -3.22. The van der Waals surface area contributed by atoms with Gasteiger partial charge in [0.2, 0.25) is 0 Å². The second-order valence-corrected chi connectivity index (χ2v) is 11.8. The number of aryl methyl sites for hydroxylation is 3.